The number of aryl methyl sites for hydroxylation is 1. The highest BCUT2D eigenvalue weighted by molar-refractivity contribution is 5.31. The largest absolute Gasteiger partial charge is 0.490 e. The van der Waals surface area contributed by atoms with Crippen molar-refractivity contribution in [2.75, 3.05) is 13.1 Å². The Hall–Kier alpha value is -1.02. The molecule has 1 heterocycles. The molecule has 0 aromatic heterocycles. The summed E-state index contributed by atoms with van der Waals surface area (Å²) in [5.41, 5.74) is 1.22. The second kappa shape index (κ2) is 4.47. The van der Waals surface area contributed by atoms with E-state index in [0.717, 1.165) is 31.7 Å². The van der Waals surface area contributed by atoms with Crippen molar-refractivity contribution in [3.05, 3.63) is 29.8 Å². The molecule has 14 heavy (non-hydrogen) atoms. The summed E-state index contributed by atoms with van der Waals surface area (Å²) in [5.74, 6) is 1.03. The standard InChI is InChI=1S/C12H16NO/c1-10-4-2-3-5-12(10)14-11-6-8-13-9-7-11/h2-5,11H,6-9H2,1H3. The highest BCUT2D eigenvalue weighted by atomic mass is 16.5. The van der Waals surface area contributed by atoms with E-state index in [1.165, 1.54) is 5.56 Å². The second-order valence-corrected chi connectivity index (χ2v) is 3.75. The molecule has 1 radical (unpaired) electrons. The summed E-state index contributed by atoms with van der Waals surface area (Å²) in [6.07, 6.45) is 2.50. The molecule has 2 heteroatoms. The van der Waals surface area contributed by atoms with E-state index in [1.54, 1.807) is 0 Å². The Labute approximate surface area is 85.3 Å². The average Bonchev–Trinajstić information content (AvgIpc) is 2.23. The van der Waals surface area contributed by atoms with Crippen LogP contribution in [0.2, 0.25) is 0 Å². The van der Waals surface area contributed by atoms with Crippen LogP contribution in [0.3, 0.4) is 0 Å². The van der Waals surface area contributed by atoms with Gasteiger partial charge in [0.2, 0.25) is 0 Å². The molecule has 2 rings (SSSR count). The van der Waals surface area contributed by atoms with Gasteiger partial charge in [-0.2, -0.15) is 0 Å². The number of ether oxygens (including phenoxy) is 1. The molecule has 1 saturated heterocycles. The molecule has 0 unspecified atom stereocenters. The van der Waals surface area contributed by atoms with E-state index in [9.17, 15) is 0 Å². The zero-order valence-corrected chi connectivity index (χ0v) is 8.57. The summed E-state index contributed by atoms with van der Waals surface area (Å²) in [5, 5.41) is 4.31. The van der Waals surface area contributed by atoms with Crippen LogP contribution in [0.25, 0.3) is 0 Å². The predicted octanol–water partition coefficient (Wildman–Crippen LogP) is 2.14. The Morgan fingerprint density at radius 1 is 1.21 bits per heavy atom. The van der Waals surface area contributed by atoms with E-state index >= 15 is 0 Å². The minimum Gasteiger partial charge on any atom is -0.490 e. The predicted molar refractivity (Wildman–Crippen MR) is 56.7 cm³/mol. The fraction of sp³-hybridized carbons (Fsp3) is 0.500. The van der Waals surface area contributed by atoms with Crippen molar-refractivity contribution in [2.24, 2.45) is 0 Å². The van der Waals surface area contributed by atoms with Crippen molar-refractivity contribution >= 4 is 0 Å². The lowest BCUT2D eigenvalue weighted by atomic mass is 10.1. The van der Waals surface area contributed by atoms with Gasteiger partial charge in [0.05, 0.1) is 0 Å². The first-order chi connectivity index (χ1) is 6.86. The molecule has 75 valence electrons. The molecule has 0 saturated carbocycles. The number of nitrogens with zero attached hydrogens (tertiary/aromatic N) is 1. The summed E-state index contributed by atoms with van der Waals surface area (Å²) in [6, 6.07) is 8.19. The van der Waals surface area contributed by atoms with Crippen molar-refractivity contribution < 1.29 is 4.74 Å². The molecule has 1 aliphatic heterocycles. The van der Waals surface area contributed by atoms with Crippen molar-refractivity contribution in [3.8, 4) is 5.75 Å². The number of hydrogen-bond acceptors (Lipinski definition) is 1. The summed E-state index contributed by atoms with van der Waals surface area (Å²) in [6.45, 7) is 4.00. The van der Waals surface area contributed by atoms with E-state index in [4.69, 9.17) is 4.74 Å². The van der Waals surface area contributed by atoms with Gasteiger partial charge in [0.25, 0.3) is 0 Å². The molecule has 2 nitrogen and oxygen atoms in total. The Morgan fingerprint density at radius 3 is 2.64 bits per heavy atom. The molecule has 0 amide bonds. The quantitative estimate of drug-likeness (QED) is 0.700. The van der Waals surface area contributed by atoms with Crippen LogP contribution < -0.4 is 10.1 Å². The fourth-order valence-electron chi connectivity index (χ4n) is 1.71. The summed E-state index contributed by atoms with van der Waals surface area (Å²) in [7, 11) is 0. The Balaban J connectivity index is 1.99. The van der Waals surface area contributed by atoms with Crippen LogP contribution in [0.4, 0.5) is 0 Å². The van der Waals surface area contributed by atoms with E-state index < -0.39 is 0 Å². The SMILES string of the molecule is Cc1ccccc1OC1CC[N]CC1. The topological polar surface area (TPSA) is 23.3 Å². The van der Waals surface area contributed by atoms with Crippen LogP contribution in [0.5, 0.6) is 5.75 Å². The zero-order chi connectivity index (χ0) is 9.80. The summed E-state index contributed by atoms with van der Waals surface area (Å²) in [4.78, 5) is 0. The molecule has 0 aliphatic carbocycles. The van der Waals surface area contributed by atoms with Crippen LogP contribution in [0, 0.1) is 6.92 Å². The first kappa shape index (κ1) is 9.53. The van der Waals surface area contributed by atoms with E-state index in [-0.39, 0.29) is 0 Å². The number of para-hydroxylation sites is 1. The molecule has 0 spiro atoms. The third-order valence-corrected chi connectivity index (χ3v) is 2.61. The average molecular weight is 190 g/mol. The van der Waals surface area contributed by atoms with Gasteiger partial charge in [-0.25, -0.2) is 5.32 Å². The Bertz CT molecular complexity index is 292. The minimum absolute atomic E-state index is 0.369. The lowest BCUT2D eigenvalue weighted by Crippen LogP contribution is -2.30. The number of benzene rings is 1. The van der Waals surface area contributed by atoms with Crippen molar-refractivity contribution in [1.29, 1.82) is 0 Å². The molecular formula is C12H16NO. The fourth-order valence-corrected chi connectivity index (χ4v) is 1.71. The molecule has 0 bridgehead atoms. The maximum Gasteiger partial charge on any atom is 0.122 e. The van der Waals surface area contributed by atoms with Crippen LogP contribution >= 0.6 is 0 Å². The third-order valence-electron chi connectivity index (χ3n) is 2.61. The smallest absolute Gasteiger partial charge is 0.122 e. The van der Waals surface area contributed by atoms with Crippen LogP contribution in [-0.2, 0) is 0 Å². The zero-order valence-electron chi connectivity index (χ0n) is 8.57. The lowest BCUT2D eigenvalue weighted by molar-refractivity contribution is 0.160. The highest BCUT2D eigenvalue weighted by Gasteiger charge is 2.15. The van der Waals surface area contributed by atoms with Crippen molar-refractivity contribution in [3.63, 3.8) is 0 Å². The van der Waals surface area contributed by atoms with E-state index in [2.05, 4.69) is 18.3 Å². The first-order valence-corrected chi connectivity index (χ1v) is 5.22. The van der Waals surface area contributed by atoms with Crippen LogP contribution in [0.15, 0.2) is 24.3 Å². The monoisotopic (exact) mass is 190 g/mol. The minimum atomic E-state index is 0.369. The van der Waals surface area contributed by atoms with Gasteiger partial charge in [0, 0.05) is 13.1 Å². The van der Waals surface area contributed by atoms with Gasteiger partial charge in [-0.05, 0) is 31.4 Å². The molecular weight excluding hydrogens is 174 g/mol. The maximum absolute atomic E-state index is 5.93. The normalized spacial score (nSPS) is 18.1. The Kier molecular flexibility index (Phi) is 3.04. The van der Waals surface area contributed by atoms with E-state index in [0.29, 0.717) is 6.10 Å². The number of rotatable bonds is 2. The van der Waals surface area contributed by atoms with Gasteiger partial charge in [-0.1, -0.05) is 18.2 Å². The van der Waals surface area contributed by atoms with Gasteiger partial charge in [0.15, 0.2) is 0 Å². The van der Waals surface area contributed by atoms with Gasteiger partial charge < -0.3 is 4.74 Å². The summed E-state index contributed by atoms with van der Waals surface area (Å²) < 4.78 is 5.93. The van der Waals surface area contributed by atoms with Crippen LogP contribution in [0.1, 0.15) is 18.4 Å². The molecule has 1 aliphatic rings. The Morgan fingerprint density at radius 2 is 1.93 bits per heavy atom. The van der Waals surface area contributed by atoms with Gasteiger partial charge in [-0.15, -0.1) is 0 Å². The molecule has 0 atom stereocenters. The number of piperidine rings is 1. The molecule has 1 aromatic carbocycles. The van der Waals surface area contributed by atoms with Crippen LogP contribution in [-0.4, -0.2) is 19.2 Å². The third kappa shape index (κ3) is 2.26. The van der Waals surface area contributed by atoms with Gasteiger partial charge in [0.1, 0.15) is 11.9 Å². The van der Waals surface area contributed by atoms with Crippen molar-refractivity contribution in [1.82, 2.24) is 5.32 Å². The summed E-state index contributed by atoms with van der Waals surface area (Å²) >= 11 is 0. The second-order valence-electron chi connectivity index (χ2n) is 3.75. The molecule has 0 N–H and O–H groups in total. The van der Waals surface area contributed by atoms with E-state index in [1.807, 2.05) is 18.2 Å². The first-order valence-electron chi connectivity index (χ1n) is 5.22. The maximum atomic E-state index is 5.93. The highest BCUT2D eigenvalue weighted by Crippen LogP contribution is 2.20. The van der Waals surface area contributed by atoms with Crippen molar-refractivity contribution in [2.45, 2.75) is 25.9 Å². The van der Waals surface area contributed by atoms with Gasteiger partial charge in [-0.3, -0.25) is 0 Å². The molecule has 1 aromatic rings. The number of hydrogen-bond donors (Lipinski definition) is 0. The van der Waals surface area contributed by atoms with Gasteiger partial charge >= 0.3 is 0 Å². The molecule has 1 fully saturated rings. The lowest BCUT2D eigenvalue weighted by Gasteiger charge is -2.23.